The summed E-state index contributed by atoms with van der Waals surface area (Å²) in [6.07, 6.45) is 3.16. The summed E-state index contributed by atoms with van der Waals surface area (Å²) in [6, 6.07) is 13.0. The van der Waals surface area contributed by atoms with Gasteiger partial charge in [-0.3, -0.25) is 19.5 Å². The molecule has 0 bridgehead atoms. The summed E-state index contributed by atoms with van der Waals surface area (Å²) in [6.45, 7) is 3.74. The molecule has 2 aliphatic rings. The maximum absolute atomic E-state index is 13.5. The highest BCUT2D eigenvalue weighted by Crippen LogP contribution is 2.45. The average Bonchev–Trinajstić information content (AvgIpc) is 3.19. The molecule has 3 aromatic rings. The van der Waals surface area contributed by atoms with Crippen molar-refractivity contribution in [3.05, 3.63) is 87.7 Å². The van der Waals surface area contributed by atoms with Crippen molar-refractivity contribution >= 4 is 52.0 Å². The number of likely N-dealkylation sites (N-methyl/N-ethyl adjacent to an activating group) is 1. The molecule has 2 fully saturated rings. The number of anilines is 2. The Bertz CT molecular complexity index is 1400. The summed E-state index contributed by atoms with van der Waals surface area (Å²) in [5.41, 5.74) is 2.12. The van der Waals surface area contributed by atoms with E-state index in [1.807, 2.05) is 24.3 Å². The second-order valence-electron chi connectivity index (χ2n) is 9.23. The zero-order valence-corrected chi connectivity index (χ0v) is 22.4. The van der Waals surface area contributed by atoms with Gasteiger partial charge >= 0.3 is 0 Å². The summed E-state index contributed by atoms with van der Waals surface area (Å²) in [4.78, 5) is 37.0. The van der Waals surface area contributed by atoms with Crippen molar-refractivity contribution < 1.29 is 19.4 Å². The molecule has 0 aliphatic carbocycles. The maximum Gasteiger partial charge on any atom is 0.300 e. The SMILES string of the molecule is COc1c(Cl)cc(Cl)cc1/C(O)=C1\C(=O)C(=O)N(c2ccc(N3CCN(C)CC3)cc2)C1c1cccnc1. The van der Waals surface area contributed by atoms with Crippen molar-refractivity contribution in [3.63, 3.8) is 0 Å². The third-order valence-electron chi connectivity index (χ3n) is 6.91. The van der Waals surface area contributed by atoms with Crippen LogP contribution in [0.1, 0.15) is 17.2 Å². The summed E-state index contributed by atoms with van der Waals surface area (Å²) in [7, 11) is 3.49. The highest BCUT2D eigenvalue weighted by Gasteiger charge is 2.47. The number of halogens is 2. The van der Waals surface area contributed by atoms with E-state index in [1.165, 1.54) is 24.1 Å². The normalized spacial score (nSPS) is 19.7. The molecular formula is C28H26Cl2N4O4. The standard InChI is InChI=1S/C28H26Cl2N4O4/c1-32-10-12-33(13-11-32)19-5-7-20(8-6-19)34-24(17-4-3-9-31-16-17)23(26(36)28(34)37)25(35)21-14-18(29)15-22(30)27(21)38-2/h3-9,14-16,24,35H,10-13H2,1-2H3/b25-23+. The van der Waals surface area contributed by atoms with Gasteiger partial charge in [0.1, 0.15) is 11.5 Å². The first-order valence-corrected chi connectivity index (χ1v) is 12.8. The second kappa shape index (κ2) is 10.6. The Labute approximate surface area is 230 Å². The van der Waals surface area contributed by atoms with E-state index < -0.39 is 23.5 Å². The molecule has 2 saturated heterocycles. The van der Waals surface area contributed by atoms with Crippen LogP contribution < -0.4 is 14.5 Å². The van der Waals surface area contributed by atoms with Crippen LogP contribution in [-0.4, -0.2) is 67.0 Å². The number of carbonyl (C=O) groups excluding carboxylic acids is 2. The highest BCUT2D eigenvalue weighted by molar-refractivity contribution is 6.52. The summed E-state index contributed by atoms with van der Waals surface area (Å²) in [5.74, 6) is -1.89. The van der Waals surface area contributed by atoms with E-state index in [2.05, 4.69) is 21.8 Å². The molecule has 1 unspecified atom stereocenters. The van der Waals surface area contributed by atoms with Gasteiger partial charge in [-0.2, -0.15) is 0 Å². The van der Waals surface area contributed by atoms with E-state index in [-0.39, 0.29) is 26.9 Å². The van der Waals surface area contributed by atoms with Gasteiger partial charge in [0.15, 0.2) is 0 Å². The van der Waals surface area contributed by atoms with Crippen molar-refractivity contribution in [2.24, 2.45) is 0 Å². The average molecular weight is 553 g/mol. The van der Waals surface area contributed by atoms with Crippen LogP contribution in [0.4, 0.5) is 11.4 Å². The minimum absolute atomic E-state index is 0.109. The van der Waals surface area contributed by atoms with Crippen LogP contribution in [0, 0.1) is 0 Å². The Morgan fingerprint density at radius 3 is 2.34 bits per heavy atom. The van der Waals surface area contributed by atoms with Gasteiger partial charge in [0.25, 0.3) is 11.7 Å². The number of Topliss-reactive ketones (excluding diaryl/α,β-unsaturated/α-hetero) is 1. The number of pyridine rings is 1. The van der Waals surface area contributed by atoms with Gasteiger partial charge in [0, 0.05) is 55.0 Å². The molecular weight excluding hydrogens is 527 g/mol. The number of aromatic nitrogens is 1. The van der Waals surface area contributed by atoms with Gasteiger partial charge in [0.2, 0.25) is 0 Å². The number of rotatable bonds is 5. The van der Waals surface area contributed by atoms with Crippen LogP contribution in [0.2, 0.25) is 10.0 Å². The van der Waals surface area contributed by atoms with Crippen LogP contribution in [0.5, 0.6) is 5.75 Å². The van der Waals surface area contributed by atoms with E-state index in [0.29, 0.717) is 11.3 Å². The van der Waals surface area contributed by atoms with E-state index in [4.69, 9.17) is 27.9 Å². The summed E-state index contributed by atoms with van der Waals surface area (Å²) in [5, 5.41) is 11.9. The van der Waals surface area contributed by atoms with Crippen molar-refractivity contribution in [2.75, 3.05) is 50.1 Å². The topological polar surface area (TPSA) is 86.2 Å². The Morgan fingerprint density at radius 1 is 1.03 bits per heavy atom. The zero-order valence-electron chi connectivity index (χ0n) is 20.9. The number of carbonyl (C=O) groups is 2. The number of ketones is 1. The van der Waals surface area contributed by atoms with E-state index >= 15 is 0 Å². The van der Waals surface area contributed by atoms with Gasteiger partial charge < -0.3 is 19.6 Å². The molecule has 3 heterocycles. The van der Waals surface area contributed by atoms with Gasteiger partial charge in [0.05, 0.1) is 29.3 Å². The van der Waals surface area contributed by atoms with Crippen LogP contribution in [0.25, 0.3) is 5.76 Å². The zero-order chi connectivity index (χ0) is 27.0. The first-order chi connectivity index (χ1) is 18.3. The van der Waals surface area contributed by atoms with Crippen LogP contribution in [0.3, 0.4) is 0 Å². The maximum atomic E-state index is 13.5. The molecule has 1 atom stereocenters. The number of hydrogen-bond acceptors (Lipinski definition) is 7. The predicted octanol–water partition coefficient (Wildman–Crippen LogP) is 4.78. The first-order valence-electron chi connectivity index (χ1n) is 12.1. The number of nitrogens with zero attached hydrogens (tertiary/aromatic N) is 4. The number of ether oxygens (including phenoxy) is 1. The lowest BCUT2D eigenvalue weighted by atomic mass is 9.95. The molecule has 0 saturated carbocycles. The number of methoxy groups -OCH3 is 1. The molecule has 5 rings (SSSR count). The van der Waals surface area contributed by atoms with Crippen LogP contribution in [-0.2, 0) is 9.59 Å². The Hall–Kier alpha value is -3.59. The second-order valence-corrected chi connectivity index (χ2v) is 10.1. The van der Waals surface area contributed by atoms with Crippen LogP contribution >= 0.6 is 23.2 Å². The lowest BCUT2D eigenvalue weighted by molar-refractivity contribution is -0.132. The number of benzene rings is 2. The molecule has 0 radical (unpaired) electrons. The fraction of sp³-hybridized carbons (Fsp3) is 0.250. The molecule has 0 spiro atoms. The van der Waals surface area contributed by atoms with Gasteiger partial charge in [-0.1, -0.05) is 29.3 Å². The third kappa shape index (κ3) is 4.71. The lowest BCUT2D eigenvalue weighted by Crippen LogP contribution is -2.44. The molecule has 196 valence electrons. The number of hydrogen-bond donors (Lipinski definition) is 1. The van der Waals surface area contributed by atoms with Crippen molar-refractivity contribution in [2.45, 2.75) is 6.04 Å². The molecule has 8 nitrogen and oxygen atoms in total. The van der Waals surface area contributed by atoms with E-state index in [1.54, 1.807) is 24.5 Å². The predicted molar refractivity (Wildman–Crippen MR) is 148 cm³/mol. The number of aliphatic hydroxyl groups excluding tert-OH is 1. The number of aliphatic hydroxyl groups is 1. The number of piperazine rings is 1. The fourth-order valence-corrected chi connectivity index (χ4v) is 5.50. The van der Waals surface area contributed by atoms with Crippen molar-refractivity contribution in [1.29, 1.82) is 0 Å². The Kier molecular flexibility index (Phi) is 7.29. The van der Waals surface area contributed by atoms with Crippen LogP contribution in [0.15, 0.2) is 66.5 Å². The quantitative estimate of drug-likeness (QED) is 0.277. The largest absolute Gasteiger partial charge is 0.507 e. The molecule has 38 heavy (non-hydrogen) atoms. The highest BCUT2D eigenvalue weighted by atomic mass is 35.5. The first kappa shape index (κ1) is 26.0. The molecule has 10 heteroatoms. The minimum Gasteiger partial charge on any atom is -0.507 e. The van der Waals surface area contributed by atoms with Crippen molar-refractivity contribution in [1.82, 2.24) is 9.88 Å². The molecule has 2 aromatic carbocycles. The fourth-order valence-electron chi connectivity index (χ4n) is 4.93. The number of amides is 1. The van der Waals surface area contributed by atoms with Gasteiger partial charge in [-0.25, -0.2) is 0 Å². The van der Waals surface area contributed by atoms with E-state index in [0.717, 1.165) is 31.9 Å². The monoisotopic (exact) mass is 552 g/mol. The van der Waals surface area contributed by atoms with E-state index in [9.17, 15) is 14.7 Å². The molecule has 1 N–H and O–H groups in total. The molecule has 1 amide bonds. The van der Waals surface area contributed by atoms with Gasteiger partial charge in [-0.15, -0.1) is 0 Å². The summed E-state index contributed by atoms with van der Waals surface area (Å²) < 4.78 is 5.39. The third-order valence-corrected chi connectivity index (χ3v) is 7.41. The summed E-state index contributed by atoms with van der Waals surface area (Å²) >= 11 is 12.5. The van der Waals surface area contributed by atoms with Gasteiger partial charge in [-0.05, 0) is 55.1 Å². The molecule has 1 aromatic heterocycles. The minimum atomic E-state index is -0.930. The van der Waals surface area contributed by atoms with Crippen molar-refractivity contribution in [3.8, 4) is 5.75 Å². The smallest absolute Gasteiger partial charge is 0.300 e. The Balaban J connectivity index is 1.61. The Morgan fingerprint density at radius 2 is 1.71 bits per heavy atom. The lowest BCUT2D eigenvalue weighted by Gasteiger charge is -2.34. The molecule has 2 aliphatic heterocycles.